The normalized spacial score (nSPS) is 15.2. The van der Waals surface area contributed by atoms with E-state index >= 15 is 0 Å². The van der Waals surface area contributed by atoms with Crippen molar-refractivity contribution in [3.8, 4) is 0 Å². The number of benzene rings is 1. The van der Waals surface area contributed by atoms with Gasteiger partial charge in [0.05, 0.1) is 17.0 Å². The quantitative estimate of drug-likeness (QED) is 0.603. The van der Waals surface area contributed by atoms with E-state index in [2.05, 4.69) is 15.9 Å². The lowest BCUT2D eigenvalue weighted by molar-refractivity contribution is -0.142. The van der Waals surface area contributed by atoms with Crippen molar-refractivity contribution >= 4 is 33.7 Å². The van der Waals surface area contributed by atoms with Gasteiger partial charge in [-0.2, -0.15) is 0 Å². The van der Waals surface area contributed by atoms with Crippen molar-refractivity contribution in [2.45, 2.75) is 19.3 Å². The first-order valence-electron chi connectivity index (χ1n) is 6.80. The first-order chi connectivity index (χ1) is 10.1. The van der Waals surface area contributed by atoms with Crippen LogP contribution in [0, 0.1) is 5.92 Å². The zero-order valence-electron chi connectivity index (χ0n) is 11.4. The Kier molecular flexibility index (Phi) is 5.12. The summed E-state index contributed by atoms with van der Waals surface area (Å²) in [6, 6.07) is 6.73. The van der Waals surface area contributed by atoms with Crippen molar-refractivity contribution in [2.75, 3.05) is 11.9 Å². The summed E-state index contributed by atoms with van der Waals surface area (Å²) >= 11 is 3.23. The fourth-order valence-electron chi connectivity index (χ4n) is 2.46. The molecule has 0 aromatic heterocycles. The van der Waals surface area contributed by atoms with E-state index in [1.54, 1.807) is 24.3 Å². The number of halogens is 1. The minimum atomic E-state index is -0.836. The van der Waals surface area contributed by atoms with Crippen LogP contribution in [0.2, 0.25) is 0 Å². The average Bonchev–Trinajstić information content (AvgIpc) is 2.71. The molecule has 112 valence electrons. The molecule has 2 amide bonds. The molecule has 1 unspecified atom stereocenters. The van der Waals surface area contributed by atoms with Gasteiger partial charge in [0, 0.05) is 11.9 Å². The van der Waals surface area contributed by atoms with Gasteiger partial charge in [0.2, 0.25) is 0 Å². The van der Waals surface area contributed by atoms with E-state index < -0.39 is 11.9 Å². The molecule has 0 radical (unpaired) electrons. The second-order valence-corrected chi connectivity index (χ2v) is 5.76. The maximum absolute atomic E-state index is 12.1. The number of hydrogen-bond acceptors (Lipinski definition) is 3. The van der Waals surface area contributed by atoms with Crippen molar-refractivity contribution < 1.29 is 19.5 Å². The monoisotopic (exact) mass is 353 g/mol. The SMILES string of the molecule is O=C(O)C(CCBr)CCCN1C(=O)c2ccccc2C1=O. The summed E-state index contributed by atoms with van der Waals surface area (Å²) in [7, 11) is 0. The minimum Gasteiger partial charge on any atom is -0.481 e. The summed E-state index contributed by atoms with van der Waals surface area (Å²) in [5, 5.41) is 9.70. The van der Waals surface area contributed by atoms with Crippen LogP contribution in [0.25, 0.3) is 0 Å². The molecule has 1 aromatic rings. The molecule has 1 N–H and O–H groups in total. The lowest BCUT2D eigenvalue weighted by atomic mass is 10.0. The summed E-state index contributed by atoms with van der Waals surface area (Å²) in [5.74, 6) is -1.86. The molecule has 1 aliphatic rings. The van der Waals surface area contributed by atoms with E-state index in [0.717, 1.165) is 0 Å². The first kappa shape index (κ1) is 15.7. The highest BCUT2D eigenvalue weighted by Gasteiger charge is 2.34. The van der Waals surface area contributed by atoms with Gasteiger partial charge in [-0.05, 0) is 31.4 Å². The molecule has 2 rings (SSSR count). The second-order valence-electron chi connectivity index (χ2n) is 4.96. The topological polar surface area (TPSA) is 74.7 Å². The molecule has 6 heteroatoms. The Morgan fingerprint density at radius 3 is 2.19 bits per heavy atom. The number of alkyl halides is 1. The number of carboxylic acids is 1. The van der Waals surface area contributed by atoms with Crippen LogP contribution in [-0.4, -0.2) is 39.7 Å². The Morgan fingerprint density at radius 1 is 1.14 bits per heavy atom. The van der Waals surface area contributed by atoms with Crippen molar-refractivity contribution in [3.05, 3.63) is 35.4 Å². The van der Waals surface area contributed by atoms with Gasteiger partial charge in [-0.25, -0.2) is 0 Å². The van der Waals surface area contributed by atoms with Crippen LogP contribution in [0.4, 0.5) is 0 Å². The van der Waals surface area contributed by atoms with Crippen LogP contribution in [0.3, 0.4) is 0 Å². The average molecular weight is 354 g/mol. The molecule has 1 aliphatic heterocycles. The largest absolute Gasteiger partial charge is 0.481 e. The van der Waals surface area contributed by atoms with Crippen LogP contribution in [-0.2, 0) is 4.79 Å². The van der Waals surface area contributed by atoms with Crippen LogP contribution < -0.4 is 0 Å². The Labute approximate surface area is 131 Å². The van der Waals surface area contributed by atoms with Gasteiger partial charge < -0.3 is 5.11 Å². The maximum atomic E-state index is 12.1. The number of amides is 2. The van der Waals surface area contributed by atoms with Crippen molar-refractivity contribution in [3.63, 3.8) is 0 Å². The fourth-order valence-corrected chi connectivity index (χ4v) is 3.01. The number of aliphatic carboxylic acids is 1. The highest BCUT2D eigenvalue weighted by molar-refractivity contribution is 9.09. The zero-order chi connectivity index (χ0) is 15.4. The van der Waals surface area contributed by atoms with Crippen LogP contribution in [0.15, 0.2) is 24.3 Å². The molecule has 1 heterocycles. The Balaban J connectivity index is 1.95. The number of carboxylic acid groups (broad SMARTS) is 1. The molecule has 0 spiro atoms. The third-order valence-electron chi connectivity index (χ3n) is 3.62. The van der Waals surface area contributed by atoms with Crippen LogP contribution in [0.1, 0.15) is 40.0 Å². The third-order valence-corrected chi connectivity index (χ3v) is 4.08. The number of nitrogens with zero attached hydrogens (tertiary/aromatic N) is 1. The summed E-state index contributed by atoms with van der Waals surface area (Å²) in [5.41, 5.74) is 0.857. The van der Waals surface area contributed by atoms with Crippen molar-refractivity contribution in [1.82, 2.24) is 4.90 Å². The van der Waals surface area contributed by atoms with Gasteiger partial charge in [0.1, 0.15) is 0 Å². The second kappa shape index (κ2) is 6.85. The van der Waals surface area contributed by atoms with Gasteiger partial charge in [-0.3, -0.25) is 19.3 Å². The molecular formula is C15H16BrNO4. The number of carbonyl (C=O) groups is 3. The Morgan fingerprint density at radius 2 is 1.71 bits per heavy atom. The summed E-state index contributed by atoms with van der Waals surface area (Å²) in [4.78, 5) is 36.5. The van der Waals surface area contributed by atoms with E-state index in [-0.39, 0.29) is 18.4 Å². The molecule has 0 bridgehead atoms. The molecule has 0 saturated heterocycles. The van der Waals surface area contributed by atoms with Gasteiger partial charge in [0.25, 0.3) is 11.8 Å². The number of rotatable bonds is 7. The minimum absolute atomic E-state index is 0.262. The summed E-state index contributed by atoms with van der Waals surface area (Å²) in [6.07, 6.45) is 1.49. The molecule has 21 heavy (non-hydrogen) atoms. The van der Waals surface area contributed by atoms with Gasteiger partial charge in [-0.15, -0.1) is 0 Å². The van der Waals surface area contributed by atoms with Crippen LogP contribution in [0.5, 0.6) is 0 Å². The van der Waals surface area contributed by atoms with Gasteiger partial charge >= 0.3 is 5.97 Å². The van der Waals surface area contributed by atoms with E-state index in [1.165, 1.54) is 4.90 Å². The standard InChI is InChI=1S/C15H16BrNO4/c16-8-7-10(15(20)21)4-3-9-17-13(18)11-5-1-2-6-12(11)14(17)19/h1-2,5-6,10H,3-4,7-9H2,(H,20,21). The number of imide groups is 1. The van der Waals surface area contributed by atoms with E-state index in [0.29, 0.717) is 35.7 Å². The molecule has 0 saturated carbocycles. The predicted octanol–water partition coefficient (Wildman–Crippen LogP) is 2.55. The Bertz CT molecular complexity index is 538. The highest BCUT2D eigenvalue weighted by atomic mass is 79.9. The summed E-state index contributed by atoms with van der Waals surface area (Å²) in [6.45, 7) is 0.262. The van der Waals surface area contributed by atoms with E-state index in [1.807, 2.05) is 0 Å². The van der Waals surface area contributed by atoms with Crippen molar-refractivity contribution in [2.24, 2.45) is 5.92 Å². The maximum Gasteiger partial charge on any atom is 0.306 e. The molecule has 5 nitrogen and oxygen atoms in total. The summed E-state index contributed by atoms with van der Waals surface area (Å²) < 4.78 is 0. The molecular weight excluding hydrogens is 338 g/mol. The third kappa shape index (κ3) is 3.32. The first-order valence-corrected chi connectivity index (χ1v) is 7.92. The number of fused-ring (bicyclic) bond motifs is 1. The van der Waals surface area contributed by atoms with Crippen LogP contribution >= 0.6 is 15.9 Å². The fraction of sp³-hybridized carbons (Fsp3) is 0.400. The van der Waals surface area contributed by atoms with Gasteiger partial charge in [-0.1, -0.05) is 28.1 Å². The molecule has 0 aliphatic carbocycles. The molecule has 1 aromatic carbocycles. The highest BCUT2D eigenvalue weighted by Crippen LogP contribution is 2.23. The lowest BCUT2D eigenvalue weighted by Gasteiger charge is -2.15. The Hall–Kier alpha value is -1.69. The van der Waals surface area contributed by atoms with Gasteiger partial charge in [0.15, 0.2) is 0 Å². The molecule has 0 fully saturated rings. The lowest BCUT2D eigenvalue weighted by Crippen LogP contribution is -2.31. The number of hydrogen-bond donors (Lipinski definition) is 1. The van der Waals surface area contributed by atoms with Crippen molar-refractivity contribution in [1.29, 1.82) is 0 Å². The number of carbonyl (C=O) groups excluding carboxylic acids is 2. The smallest absolute Gasteiger partial charge is 0.306 e. The van der Waals surface area contributed by atoms with E-state index in [4.69, 9.17) is 5.11 Å². The molecule has 1 atom stereocenters. The predicted molar refractivity (Wildman–Crippen MR) is 80.6 cm³/mol. The zero-order valence-corrected chi connectivity index (χ0v) is 13.0. The van der Waals surface area contributed by atoms with E-state index in [9.17, 15) is 14.4 Å².